The Labute approximate surface area is 64.7 Å². The first-order valence-electron chi connectivity index (χ1n) is 3.57. The Kier molecular flexibility index (Phi) is 2.87. The molecule has 1 rings (SSSR count). The zero-order chi connectivity index (χ0) is 7.40. The Morgan fingerprint density at radius 3 is 2.80 bits per heavy atom. The van der Waals surface area contributed by atoms with Crippen LogP contribution in [0.15, 0.2) is 12.1 Å². The van der Waals surface area contributed by atoms with Gasteiger partial charge in [-0.1, -0.05) is 13.3 Å². The summed E-state index contributed by atoms with van der Waals surface area (Å²) in [6.07, 6.45) is 3.38. The molecule has 0 atom stereocenters. The van der Waals surface area contributed by atoms with Crippen molar-refractivity contribution in [2.75, 3.05) is 0 Å². The van der Waals surface area contributed by atoms with E-state index in [1.165, 1.54) is 35.1 Å². The number of hydrogen-bond acceptors (Lipinski definition) is 1. The van der Waals surface area contributed by atoms with Gasteiger partial charge in [-0.3, -0.25) is 0 Å². The van der Waals surface area contributed by atoms with Crippen LogP contribution in [0.5, 0.6) is 0 Å². The van der Waals surface area contributed by atoms with Gasteiger partial charge in [-0.05, 0) is 25.0 Å². The fourth-order valence-corrected chi connectivity index (χ4v) is 1.61. The van der Waals surface area contributed by atoms with Gasteiger partial charge < -0.3 is 0 Å². The van der Waals surface area contributed by atoms with Crippen molar-refractivity contribution in [2.45, 2.75) is 26.2 Å². The topological polar surface area (TPSA) is 0 Å². The van der Waals surface area contributed by atoms with E-state index in [1.807, 2.05) is 6.07 Å². The van der Waals surface area contributed by atoms with Crippen molar-refractivity contribution in [1.29, 1.82) is 0 Å². The highest BCUT2D eigenvalue weighted by atomic mass is 32.1. The summed E-state index contributed by atoms with van der Waals surface area (Å²) in [4.78, 5) is 1.17. The molecule has 0 saturated carbocycles. The van der Waals surface area contributed by atoms with Gasteiger partial charge in [0.15, 0.2) is 5.13 Å². The molecule has 1 aromatic rings. The predicted molar refractivity (Wildman–Crippen MR) is 42.9 cm³/mol. The maximum Gasteiger partial charge on any atom is 0.176 e. The summed E-state index contributed by atoms with van der Waals surface area (Å²) < 4.78 is 12.4. The van der Waals surface area contributed by atoms with Crippen molar-refractivity contribution in [1.82, 2.24) is 0 Å². The average molecular weight is 158 g/mol. The van der Waals surface area contributed by atoms with Gasteiger partial charge in [0.05, 0.1) is 0 Å². The molecule has 0 bridgehead atoms. The molecule has 0 aliphatic carbocycles. The predicted octanol–water partition coefficient (Wildman–Crippen LogP) is 3.23. The standard InChI is InChI=1S/C8H11FS/c1-2-3-4-7-5-6-8(9)10-7/h5-6H,2-4H2,1H3. The van der Waals surface area contributed by atoms with Crippen LogP contribution in [0.3, 0.4) is 0 Å². The second-order valence-corrected chi connectivity index (χ2v) is 3.43. The van der Waals surface area contributed by atoms with Crippen molar-refractivity contribution in [3.63, 3.8) is 0 Å². The molecule has 0 spiro atoms. The summed E-state index contributed by atoms with van der Waals surface area (Å²) in [5, 5.41) is -0.0638. The van der Waals surface area contributed by atoms with Crippen molar-refractivity contribution in [3.05, 3.63) is 22.1 Å². The van der Waals surface area contributed by atoms with Gasteiger partial charge in [0, 0.05) is 4.88 Å². The highest BCUT2D eigenvalue weighted by molar-refractivity contribution is 7.10. The van der Waals surface area contributed by atoms with E-state index in [0.29, 0.717) is 0 Å². The lowest BCUT2D eigenvalue weighted by Crippen LogP contribution is -1.76. The number of rotatable bonds is 3. The highest BCUT2D eigenvalue weighted by Crippen LogP contribution is 2.16. The molecule has 0 nitrogen and oxygen atoms in total. The van der Waals surface area contributed by atoms with E-state index in [1.54, 1.807) is 0 Å². The third-order valence-electron chi connectivity index (χ3n) is 1.41. The third-order valence-corrected chi connectivity index (χ3v) is 2.34. The smallest absolute Gasteiger partial charge is 0.176 e. The average Bonchev–Trinajstić information content (AvgIpc) is 2.31. The number of thiophene rings is 1. The summed E-state index contributed by atoms with van der Waals surface area (Å²) in [6.45, 7) is 2.14. The highest BCUT2D eigenvalue weighted by Gasteiger charge is 1.96. The van der Waals surface area contributed by atoms with E-state index < -0.39 is 0 Å². The lowest BCUT2D eigenvalue weighted by atomic mass is 10.2. The Bertz CT molecular complexity index is 193. The second kappa shape index (κ2) is 3.71. The van der Waals surface area contributed by atoms with E-state index in [-0.39, 0.29) is 5.13 Å². The molecular formula is C8H11FS. The minimum atomic E-state index is -0.0638. The minimum absolute atomic E-state index is 0.0638. The van der Waals surface area contributed by atoms with Crippen LogP contribution in [0, 0.1) is 5.13 Å². The first-order valence-corrected chi connectivity index (χ1v) is 4.39. The molecule has 1 heterocycles. The van der Waals surface area contributed by atoms with Crippen LogP contribution in [0.2, 0.25) is 0 Å². The first-order chi connectivity index (χ1) is 4.83. The zero-order valence-electron chi connectivity index (χ0n) is 6.06. The van der Waals surface area contributed by atoms with Gasteiger partial charge in [0.2, 0.25) is 0 Å². The van der Waals surface area contributed by atoms with Crippen LogP contribution in [0.1, 0.15) is 24.6 Å². The largest absolute Gasteiger partial charge is 0.195 e. The summed E-state index contributed by atoms with van der Waals surface area (Å²) in [7, 11) is 0. The summed E-state index contributed by atoms with van der Waals surface area (Å²) in [5.41, 5.74) is 0. The van der Waals surface area contributed by atoms with E-state index in [0.717, 1.165) is 6.42 Å². The Morgan fingerprint density at radius 1 is 1.50 bits per heavy atom. The molecule has 0 amide bonds. The molecule has 0 aromatic carbocycles. The van der Waals surface area contributed by atoms with Crippen LogP contribution >= 0.6 is 11.3 Å². The molecule has 0 radical (unpaired) electrons. The van der Waals surface area contributed by atoms with Crippen molar-refractivity contribution < 1.29 is 4.39 Å². The zero-order valence-corrected chi connectivity index (χ0v) is 6.88. The molecule has 1 aromatic heterocycles. The number of halogens is 1. The molecule has 0 aliphatic heterocycles. The number of unbranched alkanes of at least 4 members (excludes halogenated alkanes) is 1. The maximum absolute atomic E-state index is 12.4. The Balaban J connectivity index is 2.42. The quantitative estimate of drug-likeness (QED) is 0.633. The Morgan fingerprint density at radius 2 is 2.30 bits per heavy atom. The molecule has 0 saturated heterocycles. The molecule has 0 unspecified atom stereocenters. The molecule has 56 valence electrons. The van der Waals surface area contributed by atoms with Crippen LogP contribution < -0.4 is 0 Å². The van der Waals surface area contributed by atoms with Gasteiger partial charge in [-0.2, -0.15) is 4.39 Å². The fourth-order valence-electron chi connectivity index (χ4n) is 0.837. The Hall–Kier alpha value is -0.370. The SMILES string of the molecule is CCCCc1ccc(F)s1. The van der Waals surface area contributed by atoms with Crippen LogP contribution in [0.4, 0.5) is 4.39 Å². The van der Waals surface area contributed by atoms with Gasteiger partial charge in [-0.25, -0.2) is 0 Å². The van der Waals surface area contributed by atoms with Crippen LogP contribution in [-0.2, 0) is 6.42 Å². The maximum atomic E-state index is 12.4. The molecule has 2 heteroatoms. The van der Waals surface area contributed by atoms with Crippen molar-refractivity contribution in [2.24, 2.45) is 0 Å². The first kappa shape index (κ1) is 7.73. The lowest BCUT2D eigenvalue weighted by molar-refractivity contribution is 0.657. The van der Waals surface area contributed by atoms with Gasteiger partial charge in [0.1, 0.15) is 0 Å². The summed E-state index contributed by atoms with van der Waals surface area (Å²) in [6, 6.07) is 3.41. The third kappa shape index (κ3) is 2.10. The van der Waals surface area contributed by atoms with E-state index in [9.17, 15) is 4.39 Å². The second-order valence-electron chi connectivity index (χ2n) is 2.31. The molecular weight excluding hydrogens is 147 g/mol. The summed E-state index contributed by atoms with van der Waals surface area (Å²) in [5.74, 6) is 0. The molecule has 0 N–H and O–H groups in total. The van der Waals surface area contributed by atoms with Crippen LogP contribution in [0.25, 0.3) is 0 Å². The number of aryl methyl sites for hydroxylation is 1. The molecule has 0 aliphatic rings. The number of hydrogen-bond donors (Lipinski definition) is 0. The lowest BCUT2D eigenvalue weighted by Gasteiger charge is -1.90. The van der Waals surface area contributed by atoms with E-state index >= 15 is 0 Å². The van der Waals surface area contributed by atoms with E-state index in [4.69, 9.17) is 0 Å². The van der Waals surface area contributed by atoms with Gasteiger partial charge >= 0.3 is 0 Å². The van der Waals surface area contributed by atoms with E-state index in [2.05, 4.69) is 6.92 Å². The van der Waals surface area contributed by atoms with Crippen LogP contribution in [-0.4, -0.2) is 0 Å². The van der Waals surface area contributed by atoms with Crippen molar-refractivity contribution in [3.8, 4) is 0 Å². The van der Waals surface area contributed by atoms with Gasteiger partial charge in [-0.15, -0.1) is 11.3 Å². The summed E-state index contributed by atoms with van der Waals surface area (Å²) >= 11 is 1.26. The van der Waals surface area contributed by atoms with Crippen molar-refractivity contribution >= 4 is 11.3 Å². The normalized spacial score (nSPS) is 10.2. The molecule has 10 heavy (non-hydrogen) atoms. The minimum Gasteiger partial charge on any atom is -0.195 e. The van der Waals surface area contributed by atoms with Gasteiger partial charge in [0.25, 0.3) is 0 Å². The fraction of sp³-hybridized carbons (Fsp3) is 0.500. The monoisotopic (exact) mass is 158 g/mol. The molecule has 0 fully saturated rings.